The van der Waals surface area contributed by atoms with Crippen LogP contribution < -0.4 is 11.1 Å². The van der Waals surface area contributed by atoms with E-state index in [0.717, 1.165) is 35.1 Å². The molecule has 0 spiro atoms. The first-order chi connectivity index (χ1) is 20.6. The summed E-state index contributed by atoms with van der Waals surface area (Å²) in [6.45, 7) is 1.13. The van der Waals surface area contributed by atoms with Crippen molar-refractivity contribution in [1.29, 1.82) is 5.41 Å². The first-order valence-electron chi connectivity index (χ1n) is 13.9. The SMILES string of the molecule is N=C(N)c1ccc(CC(=O)CCC(=O)N(Cc2ccc(CNC(=O)CCC[CH2][Po][I])cc2)Cc2ccc(Cl)c(Cl)c2)cc1. The van der Waals surface area contributed by atoms with Crippen LogP contribution in [-0.4, -0.2) is 47.7 Å². The zero-order valence-electron chi connectivity index (χ0n) is 23.7. The fourth-order valence-electron chi connectivity index (χ4n) is 4.33. The van der Waals surface area contributed by atoms with Gasteiger partial charge in [0, 0.05) is 31.4 Å². The Hall–Kier alpha value is -2.05. The van der Waals surface area contributed by atoms with Gasteiger partial charge in [0.05, 0.1) is 10.0 Å². The number of nitrogens with zero attached hydrogens (tertiary/aromatic N) is 1. The van der Waals surface area contributed by atoms with Crippen LogP contribution in [0.15, 0.2) is 66.7 Å². The fourth-order valence-corrected chi connectivity index (χ4v) is 8.60. The van der Waals surface area contributed by atoms with E-state index in [1.165, 1.54) is 4.08 Å². The Balaban J connectivity index is 1.60. The van der Waals surface area contributed by atoms with Crippen LogP contribution in [0.3, 0.4) is 0 Å². The summed E-state index contributed by atoms with van der Waals surface area (Å²) >= 11 is 14.7. The maximum absolute atomic E-state index is 13.4. The van der Waals surface area contributed by atoms with Gasteiger partial charge >= 0.3 is 125 Å². The van der Waals surface area contributed by atoms with E-state index in [4.69, 9.17) is 34.3 Å². The van der Waals surface area contributed by atoms with Gasteiger partial charge in [0.2, 0.25) is 5.91 Å². The van der Waals surface area contributed by atoms with E-state index in [0.29, 0.717) is 41.7 Å². The van der Waals surface area contributed by atoms with Crippen LogP contribution in [-0.2, 0) is 40.4 Å². The van der Waals surface area contributed by atoms with E-state index in [1.807, 2.05) is 30.3 Å². The Kier molecular flexibility index (Phi) is 15.4. The van der Waals surface area contributed by atoms with Gasteiger partial charge in [-0.15, -0.1) is 0 Å². The van der Waals surface area contributed by atoms with Gasteiger partial charge in [0.25, 0.3) is 0 Å². The Morgan fingerprint density at radius 2 is 1.44 bits per heavy atom. The van der Waals surface area contributed by atoms with Crippen molar-refractivity contribution >= 4 is 83.9 Å². The molecule has 0 aliphatic heterocycles. The molecule has 43 heavy (non-hydrogen) atoms. The van der Waals surface area contributed by atoms with Crippen molar-refractivity contribution in [3.63, 3.8) is 0 Å². The molecule has 0 bridgehead atoms. The molecule has 0 heterocycles. The number of nitrogens with one attached hydrogen (secondary N) is 2. The molecular weight excluding hydrogens is 895 g/mol. The quantitative estimate of drug-likeness (QED) is 0.0609. The van der Waals surface area contributed by atoms with Crippen LogP contribution in [0.25, 0.3) is 0 Å². The first-order valence-corrected chi connectivity index (χ1v) is 25.8. The number of ketones is 1. The average molecular weight is 930 g/mol. The number of Topliss-reactive ketones (excluding diaryl/α,β-unsaturated/α-hetero) is 1. The predicted octanol–water partition coefficient (Wildman–Crippen LogP) is 6.66. The minimum Gasteiger partial charge on any atom is -0.0827 e. The number of benzene rings is 3. The van der Waals surface area contributed by atoms with Gasteiger partial charge in [0.15, 0.2) is 0 Å². The van der Waals surface area contributed by atoms with Crippen molar-refractivity contribution in [1.82, 2.24) is 10.2 Å². The Morgan fingerprint density at radius 1 is 0.814 bits per heavy atom. The van der Waals surface area contributed by atoms with E-state index in [2.05, 4.69) is 23.3 Å². The molecule has 3 aromatic carbocycles. The molecule has 4 N–H and O–H groups in total. The number of carbonyl (C=O) groups excluding carboxylic acids is 3. The minimum absolute atomic E-state index is 0.0267. The van der Waals surface area contributed by atoms with Crippen LogP contribution in [0.2, 0.25) is 14.1 Å². The van der Waals surface area contributed by atoms with Gasteiger partial charge in [-0.3, -0.25) is 15.0 Å². The molecule has 228 valence electrons. The Labute approximate surface area is 284 Å². The van der Waals surface area contributed by atoms with E-state index in [9.17, 15) is 14.4 Å². The molecule has 0 saturated carbocycles. The van der Waals surface area contributed by atoms with E-state index >= 15 is 0 Å². The average Bonchev–Trinajstić information content (AvgIpc) is 2.99. The number of unbranched alkanes of at least 4 members (excludes halogenated alkanes) is 1. The standard InChI is InChI=1S/C32H35Cl2N4O3.HI.Po/c1-2-3-4-30(40)37-19-23-5-7-24(8-6-23)20-38(21-25-11-15-28(33)29(34)18-25)31(41)16-14-27(39)17-22-9-12-26(13-10-22)32(35)36;;/h5-13,15,18H,1-4,14,16-17,19-21H2,(H3,35,36)(H,37,40);1H;/q;;+1/p-1. The summed E-state index contributed by atoms with van der Waals surface area (Å²) in [5.74, 6) is -0.143. The number of nitrogens with two attached hydrogens (primary N) is 1. The summed E-state index contributed by atoms with van der Waals surface area (Å²) in [5.41, 5.74) is 9.66. The molecule has 11 heteroatoms. The minimum atomic E-state index is -0.181. The molecule has 0 radical (unpaired) electrons. The van der Waals surface area contributed by atoms with E-state index in [1.54, 1.807) is 41.3 Å². The number of amidine groups is 1. The van der Waals surface area contributed by atoms with Crippen molar-refractivity contribution in [3.05, 3.63) is 105 Å². The van der Waals surface area contributed by atoms with Crippen LogP contribution >= 0.6 is 41.2 Å². The zero-order chi connectivity index (χ0) is 31.2. The third-order valence-electron chi connectivity index (χ3n) is 6.76. The van der Waals surface area contributed by atoms with E-state index < -0.39 is 0 Å². The predicted molar refractivity (Wildman–Crippen MR) is 183 cm³/mol. The summed E-state index contributed by atoms with van der Waals surface area (Å²) in [6, 6.07) is 20.1. The second-order valence-corrected chi connectivity index (χ2v) is 18.9. The van der Waals surface area contributed by atoms with Crippen molar-refractivity contribution in [2.75, 3.05) is 0 Å². The molecule has 3 rings (SSSR count). The molecular formula is C32H35Cl2IN4O3Po. The molecule has 7 nitrogen and oxygen atoms in total. The van der Waals surface area contributed by atoms with Crippen LogP contribution in [0.5, 0.6) is 0 Å². The second-order valence-electron chi connectivity index (χ2n) is 10.2. The summed E-state index contributed by atoms with van der Waals surface area (Å²) in [5, 5.41) is 11.3. The fraction of sp³-hybridized carbons (Fsp3) is 0.312. The molecule has 0 atom stereocenters. The smallest absolute Gasteiger partial charge is 0.0595 e. The third-order valence-corrected chi connectivity index (χ3v) is 13.1. The monoisotopic (exact) mass is 929 g/mol. The molecule has 0 aliphatic rings. The number of nitrogen functional groups attached to an aromatic ring is 1. The van der Waals surface area contributed by atoms with Crippen LogP contribution in [0.4, 0.5) is 0 Å². The number of hydrogen-bond acceptors (Lipinski definition) is 4. The summed E-state index contributed by atoms with van der Waals surface area (Å²) in [6.07, 6.45) is 3.04. The first kappa shape index (κ1) is 35.4. The van der Waals surface area contributed by atoms with Crippen molar-refractivity contribution in [3.8, 4) is 0 Å². The number of amides is 2. The topological polar surface area (TPSA) is 116 Å². The number of hydrogen-bond donors (Lipinski definition) is 3. The number of rotatable bonds is 17. The Morgan fingerprint density at radius 3 is 2.09 bits per heavy atom. The maximum Gasteiger partial charge on any atom is 0.0595 e. The normalized spacial score (nSPS) is 10.8. The van der Waals surface area contributed by atoms with Gasteiger partial charge in [-0.05, 0) is 23.3 Å². The summed E-state index contributed by atoms with van der Waals surface area (Å²) < 4.78 is 1.30. The molecule has 0 unspecified atom stereocenters. The van der Waals surface area contributed by atoms with E-state index in [-0.39, 0.29) is 62.0 Å². The van der Waals surface area contributed by atoms with Gasteiger partial charge < -0.3 is 10.6 Å². The van der Waals surface area contributed by atoms with Gasteiger partial charge in [0.1, 0.15) is 11.6 Å². The molecule has 0 aliphatic carbocycles. The third kappa shape index (κ3) is 12.8. The van der Waals surface area contributed by atoms with Crippen LogP contribution in [0.1, 0.15) is 59.9 Å². The molecule has 0 aromatic heterocycles. The second kappa shape index (κ2) is 18.7. The largest absolute Gasteiger partial charge is 0.0827 e. The Bertz CT molecular complexity index is 1400. The number of carbonyl (C=O) groups is 3. The summed E-state index contributed by atoms with van der Waals surface area (Å²) in [4.78, 5) is 39.9. The van der Waals surface area contributed by atoms with Crippen molar-refractivity contribution in [2.45, 2.75) is 62.2 Å². The molecule has 0 saturated heterocycles. The summed E-state index contributed by atoms with van der Waals surface area (Å²) in [7, 11) is 0. The molecule has 0 fully saturated rings. The van der Waals surface area contributed by atoms with Crippen LogP contribution in [0, 0.1) is 5.41 Å². The van der Waals surface area contributed by atoms with Gasteiger partial charge in [-0.1, -0.05) is 53.5 Å². The van der Waals surface area contributed by atoms with Crippen molar-refractivity contribution in [2.24, 2.45) is 5.73 Å². The van der Waals surface area contributed by atoms with Crippen molar-refractivity contribution < 1.29 is 14.4 Å². The molecule has 2 amide bonds. The molecule has 3 aromatic rings. The van der Waals surface area contributed by atoms with Gasteiger partial charge in [-0.2, -0.15) is 0 Å². The van der Waals surface area contributed by atoms with Gasteiger partial charge in [-0.25, -0.2) is 0 Å². The maximum atomic E-state index is 13.4. The zero-order valence-corrected chi connectivity index (χ0v) is 30.6. The number of halogens is 3.